The fourth-order valence-corrected chi connectivity index (χ4v) is 4.38. The van der Waals surface area contributed by atoms with Crippen LogP contribution in [-0.2, 0) is 0 Å². The number of rotatable bonds is 5. The molecule has 0 spiro atoms. The maximum absolute atomic E-state index is 12.5. The minimum atomic E-state index is -0.0176. The molecule has 122 valence electrons. The maximum atomic E-state index is 12.5. The smallest absolute Gasteiger partial charge is 0.252 e. The van der Waals surface area contributed by atoms with Gasteiger partial charge in [-0.2, -0.15) is 0 Å². The standard InChI is InChI=1S/C18H21BrN2OS/c19-15-8-3-2-7-14(15)18(22)20-13-16(17-9-6-12-23-17)21-10-4-1-5-11-21/h2-3,6-9,12,16H,1,4-5,10-11,13H2,(H,20,22). The van der Waals surface area contributed by atoms with E-state index in [-0.39, 0.29) is 11.9 Å². The highest BCUT2D eigenvalue weighted by atomic mass is 79.9. The van der Waals surface area contributed by atoms with Gasteiger partial charge in [0.2, 0.25) is 0 Å². The van der Waals surface area contributed by atoms with Gasteiger partial charge < -0.3 is 5.32 Å². The van der Waals surface area contributed by atoms with Crippen LogP contribution in [0.15, 0.2) is 46.3 Å². The van der Waals surface area contributed by atoms with E-state index in [9.17, 15) is 4.79 Å². The largest absolute Gasteiger partial charge is 0.350 e. The lowest BCUT2D eigenvalue weighted by Gasteiger charge is -2.34. The molecular weight excluding hydrogens is 372 g/mol. The molecule has 1 aromatic heterocycles. The number of likely N-dealkylation sites (tertiary alicyclic amines) is 1. The summed E-state index contributed by atoms with van der Waals surface area (Å²) in [6.45, 7) is 2.89. The molecule has 0 aliphatic carbocycles. The highest BCUT2D eigenvalue weighted by Crippen LogP contribution is 2.27. The molecule has 1 fully saturated rings. The van der Waals surface area contributed by atoms with Gasteiger partial charge in [0.1, 0.15) is 0 Å². The summed E-state index contributed by atoms with van der Waals surface area (Å²) in [5.41, 5.74) is 0.691. The predicted octanol–water partition coefficient (Wildman–Crippen LogP) is 4.47. The van der Waals surface area contributed by atoms with E-state index in [1.165, 1.54) is 24.1 Å². The molecule has 1 aliphatic heterocycles. The second kappa shape index (κ2) is 8.08. The van der Waals surface area contributed by atoms with Gasteiger partial charge in [-0.15, -0.1) is 11.3 Å². The SMILES string of the molecule is O=C(NCC(c1cccs1)N1CCCCC1)c1ccccc1Br. The number of thiophene rings is 1. The molecule has 23 heavy (non-hydrogen) atoms. The van der Waals surface area contributed by atoms with E-state index in [1.54, 1.807) is 11.3 Å². The first-order valence-electron chi connectivity index (χ1n) is 8.06. The van der Waals surface area contributed by atoms with E-state index < -0.39 is 0 Å². The summed E-state index contributed by atoms with van der Waals surface area (Å²) in [7, 11) is 0. The maximum Gasteiger partial charge on any atom is 0.252 e. The first-order chi connectivity index (χ1) is 11.3. The molecule has 1 amide bonds. The van der Waals surface area contributed by atoms with Crippen molar-refractivity contribution in [3.63, 3.8) is 0 Å². The van der Waals surface area contributed by atoms with Gasteiger partial charge in [-0.3, -0.25) is 9.69 Å². The number of nitrogens with zero attached hydrogens (tertiary/aromatic N) is 1. The van der Waals surface area contributed by atoms with Crippen molar-refractivity contribution in [2.24, 2.45) is 0 Å². The molecule has 0 saturated carbocycles. The number of nitrogens with one attached hydrogen (secondary N) is 1. The number of carbonyl (C=O) groups is 1. The molecule has 1 atom stereocenters. The lowest BCUT2D eigenvalue weighted by Crippen LogP contribution is -2.40. The number of benzene rings is 1. The Hall–Kier alpha value is -1.17. The third-order valence-electron chi connectivity index (χ3n) is 4.28. The first-order valence-corrected chi connectivity index (χ1v) is 9.73. The van der Waals surface area contributed by atoms with E-state index in [1.807, 2.05) is 24.3 Å². The van der Waals surface area contributed by atoms with E-state index in [0.29, 0.717) is 12.1 Å². The van der Waals surface area contributed by atoms with Crippen molar-refractivity contribution in [2.45, 2.75) is 25.3 Å². The number of hydrogen-bond donors (Lipinski definition) is 1. The summed E-state index contributed by atoms with van der Waals surface area (Å²) >= 11 is 5.22. The van der Waals surface area contributed by atoms with E-state index in [2.05, 4.69) is 43.7 Å². The van der Waals surface area contributed by atoms with E-state index >= 15 is 0 Å². The number of amides is 1. The molecule has 5 heteroatoms. The van der Waals surface area contributed by atoms with Gasteiger partial charge in [0.25, 0.3) is 5.91 Å². The highest BCUT2D eigenvalue weighted by Gasteiger charge is 2.24. The fraction of sp³-hybridized carbons (Fsp3) is 0.389. The van der Waals surface area contributed by atoms with Crippen LogP contribution >= 0.6 is 27.3 Å². The normalized spacial score (nSPS) is 16.9. The van der Waals surface area contributed by atoms with Crippen LogP contribution in [0.1, 0.15) is 40.5 Å². The molecule has 2 aromatic rings. The Morgan fingerprint density at radius 1 is 1.17 bits per heavy atom. The second-order valence-corrected chi connectivity index (χ2v) is 7.65. The third-order valence-corrected chi connectivity index (χ3v) is 5.94. The summed E-state index contributed by atoms with van der Waals surface area (Å²) in [6, 6.07) is 12.1. The Bertz CT molecular complexity index is 638. The molecule has 1 aromatic carbocycles. The van der Waals surface area contributed by atoms with Gasteiger partial charge in [0.05, 0.1) is 11.6 Å². The summed E-state index contributed by atoms with van der Waals surface area (Å²) in [4.78, 5) is 16.3. The zero-order valence-electron chi connectivity index (χ0n) is 13.0. The second-order valence-electron chi connectivity index (χ2n) is 5.82. The van der Waals surface area contributed by atoms with Gasteiger partial charge in [-0.05, 0) is 65.4 Å². The molecule has 1 aliphatic rings. The van der Waals surface area contributed by atoms with Crippen LogP contribution in [0.3, 0.4) is 0 Å². The number of hydrogen-bond acceptors (Lipinski definition) is 3. The zero-order chi connectivity index (χ0) is 16.1. The molecular formula is C18H21BrN2OS. The van der Waals surface area contributed by atoms with Crippen LogP contribution in [0.25, 0.3) is 0 Å². The van der Waals surface area contributed by atoms with Crippen LogP contribution in [0.4, 0.5) is 0 Å². The van der Waals surface area contributed by atoms with Gasteiger partial charge in [-0.1, -0.05) is 24.6 Å². The Kier molecular flexibility index (Phi) is 5.86. The molecule has 0 radical (unpaired) electrons. The quantitative estimate of drug-likeness (QED) is 0.813. The van der Waals surface area contributed by atoms with Crippen LogP contribution in [0, 0.1) is 0 Å². The van der Waals surface area contributed by atoms with Crippen molar-refractivity contribution in [2.75, 3.05) is 19.6 Å². The van der Waals surface area contributed by atoms with Crippen LogP contribution in [0.2, 0.25) is 0 Å². The first kappa shape index (κ1) is 16.7. The molecule has 2 heterocycles. The number of piperidine rings is 1. The van der Waals surface area contributed by atoms with Crippen LogP contribution in [0.5, 0.6) is 0 Å². The third kappa shape index (κ3) is 4.22. The van der Waals surface area contributed by atoms with Crippen molar-refractivity contribution in [3.8, 4) is 0 Å². The van der Waals surface area contributed by atoms with Crippen molar-refractivity contribution >= 4 is 33.2 Å². The molecule has 1 N–H and O–H groups in total. The molecule has 1 unspecified atom stereocenters. The van der Waals surface area contributed by atoms with Crippen molar-refractivity contribution in [1.82, 2.24) is 10.2 Å². The van der Waals surface area contributed by atoms with E-state index in [0.717, 1.165) is 17.6 Å². The molecule has 3 nitrogen and oxygen atoms in total. The van der Waals surface area contributed by atoms with Crippen LogP contribution < -0.4 is 5.32 Å². The molecule has 1 saturated heterocycles. The topological polar surface area (TPSA) is 32.3 Å². The summed E-state index contributed by atoms with van der Waals surface area (Å²) in [6.07, 6.45) is 3.82. The minimum absolute atomic E-state index is 0.0176. The summed E-state index contributed by atoms with van der Waals surface area (Å²) < 4.78 is 0.836. The molecule has 0 bridgehead atoms. The van der Waals surface area contributed by atoms with E-state index in [4.69, 9.17) is 0 Å². The Morgan fingerprint density at radius 3 is 2.65 bits per heavy atom. The highest BCUT2D eigenvalue weighted by molar-refractivity contribution is 9.10. The van der Waals surface area contributed by atoms with Gasteiger partial charge in [-0.25, -0.2) is 0 Å². The average molecular weight is 393 g/mol. The number of carbonyl (C=O) groups excluding carboxylic acids is 1. The minimum Gasteiger partial charge on any atom is -0.350 e. The average Bonchev–Trinajstić information content (AvgIpc) is 3.10. The zero-order valence-corrected chi connectivity index (χ0v) is 15.4. The van der Waals surface area contributed by atoms with Gasteiger partial charge in [0, 0.05) is 15.9 Å². The number of halogens is 1. The lowest BCUT2D eigenvalue weighted by atomic mass is 10.1. The Morgan fingerprint density at radius 2 is 1.96 bits per heavy atom. The lowest BCUT2D eigenvalue weighted by molar-refractivity contribution is 0.0925. The van der Waals surface area contributed by atoms with Gasteiger partial charge in [0.15, 0.2) is 0 Å². The summed E-state index contributed by atoms with van der Waals surface area (Å²) in [5, 5.41) is 5.23. The Balaban J connectivity index is 1.69. The summed E-state index contributed by atoms with van der Waals surface area (Å²) in [5.74, 6) is -0.0176. The van der Waals surface area contributed by atoms with Gasteiger partial charge >= 0.3 is 0 Å². The van der Waals surface area contributed by atoms with Crippen LogP contribution in [-0.4, -0.2) is 30.4 Å². The van der Waals surface area contributed by atoms with Crippen molar-refractivity contribution in [1.29, 1.82) is 0 Å². The van der Waals surface area contributed by atoms with Crippen molar-refractivity contribution in [3.05, 3.63) is 56.7 Å². The fourth-order valence-electron chi connectivity index (χ4n) is 3.05. The monoisotopic (exact) mass is 392 g/mol. The van der Waals surface area contributed by atoms with Crippen molar-refractivity contribution < 1.29 is 4.79 Å². The predicted molar refractivity (Wildman–Crippen MR) is 99.0 cm³/mol. The molecule has 3 rings (SSSR count). The Labute approximate surface area is 149 Å².